The van der Waals surface area contributed by atoms with Gasteiger partial charge in [-0.2, -0.15) is 13.8 Å². The first-order chi connectivity index (χ1) is 17.3. The lowest BCUT2D eigenvalue weighted by atomic mass is 9.92. The first-order valence-corrected chi connectivity index (χ1v) is 12.3. The number of nitrogens with one attached hydrogen (secondary N) is 1. The van der Waals surface area contributed by atoms with Crippen molar-refractivity contribution >= 4 is 23.8 Å². The van der Waals surface area contributed by atoms with E-state index in [9.17, 15) is 18.4 Å². The molecule has 3 amide bonds. The summed E-state index contributed by atoms with van der Waals surface area (Å²) in [6.45, 7) is 4.95. The van der Waals surface area contributed by atoms with Gasteiger partial charge in [0.15, 0.2) is 0 Å². The molecule has 2 bridgehead atoms. The summed E-state index contributed by atoms with van der Waals surface area (Å²) in [6, 6.07) is 9.66. The van der Waals surface area contributed by atoms with Gasteiger partial charge in [-0.3, -0.25) is 9.69 Å². The lowest BCUT2D eigenvalue weighted by Gasteiger charge is -2.36. The maximum absolute atomic E-state index is 13.7. The minimum Gasteiger partial charge on any atom is -0.481 e. The third kappa shape index (κ3) is 5.52. The van der Waals surface area contributed by atoms with E-state index in [4.69, 9.17) is 4.74 Å². The largest absolute Gasteiger partial charge is 0.481 e. The number of rotatable bonds is 8. The number of urea groups is 1. The molecule has 0 saturated carbocycles. The third-order valence-electron chi connectivity index (χ3n) is 6.53. The van der Waals surface area contributed by atoms with Gasteiger partial charge in [0.2, 0.25) is 18.2 Å². The molecular weight excluding hydrogens is 470 g/mol. The van der Waals surface area contributed by atoms with Crippen molar-refractivity contribution < 1.29 is 27.8 Å². The number of carbonyl (C=O) groups excluding carboxylic acids is 2. The van der Waals surface area contributed by atoms with Gasteiger partial charge in [-0.1, -0.05) is 45.9 Å². The van der Waals surface area contributed by atoms with E-state index in [1.807, 2.05) is 52.0 Å². The molecule has 1 aromatic carbocycles. The predicted molar refractivity (Wildman–Crippen MR) is 134 cm³/mol. The number of nitrogens with zero attached hydrogens (tertiary/aromatic N) is 3. The van der Waals surface area contributed by atoms with E-state index in [0.29, 0.717) is 6.42 Å². The number of halogens is 2. The number of benzene rings is 1. The van der Waals surface area contributed by atoms with Gasteiger partial charge >= 0.3 is 12.6 Å². The highest BCUT2D eigenvalue weighted by Gasteiger charge is 2.49. The third-order valence-corrected chi connectivity index (χ3v) is 6.53. The van der Waals surface area contributed by atoms with Crippen LogP contribution in [0.1, 0.15) is 58.4 Å². The predicted octanol–water partition coefficient (Wildman–Crippen LogP) is 5.64. The lowest BCUT2D eigenvalue weighted by molar-refractivity contribution is -0.119. The van der Waals surface area contributed by atoms with E-state index in [2.05, 4.69) is 15.0 Å². The minimum absolute atomic E-state index is 0.00599. The van der Waals surface area contributed by atoms with Gasteiger partial charge in [-0.05, 0) is 42.9 Å². The van der Waals surface area contributed by atoms with E-state index in [1.54, 1.807) is 9.80 Å². The number of alkyl halides is 2. The number of hydrogen-bond donors (Lipinski definition) is 1. The van der Waals surface area contributed by atoms with Crippen molar-refractivity contribution in [1.29, 1.82) is 0 Å². The average molecular weight is 505 g/mol. The van der Waals surface area contributed by atoms with Crippen LogP contribution in [0.25, 0.3) is 0 Å². The molecule has 36 heavy (non-hydrogen) atoms. The van der Waals surface area contributed by atoms with Gasteiger partial charge in [-0.25, -0.2) is 4.79 Å². The summed E-state index contributed by atoms with van der Waals surface area (Å²) < 4.78 is 35.5. The van der Waals surface area contributed by atoms with Crippen LogP contribution in [0.4, 0.5) is 25.0 Å². The van der Waals surface area contributed by atoms with Crippen LogP contribution >= 0.6 is 0 Å². The standard InChI is InChI=1S/C24H28F2N4O4.C2H6/c1-14(2)16-6-4-5-7-18(16)30(20-12-15-8-10-19(20)29(15)13-31)24(32)27-17-9-11-21(33-3)28-22(17)34-23(25)26;1-2/h4-7,9,11,13-15,19-20,23H,8,10,12H2,1-3H3,(H,27,32);1-2H3. The average Bonchev–Trinajstić information content (AvgIpc) is 3.43. The van der Waals surface area contributed by atoms with Crippen molar-refractivity contribution in [3.8, 4) is 11.8 Å². The topological polar surface area (TPSA) is 84.0 Å². The number of fused-ring (bicyclic) bond motifs is 2. The zero-order valence-corrected chi connectivity index (χ0v) is 21.3. The Labute approximate surface area is 210 Å². The van der Waals surface area contributed by atoms with E-state index < -0.39 is 18.5 Å². The Morgan fingerprint density at radius 3 is 2.53 bits per heavy atom. The number of amides is 3. The Morgan fingerprint density at radius 1 is 1.19 bits per heavy atom. The SMILES string of the molecule is CC.COc1ccc(NC(=O)N(c2ccccc2C(C)C)C2CC3CCC2N3C=O)c(OC(F)F)n1. The minimum atomic E-state index is -3.13. The van der Waals surface area contributed by atoms with Gasteiger partial charge in [-0.15, -0.1) is 0 Å². The van der Waals surface area contributed by atoms with Crippen LogP contribution in [0.2, 0.25) is 0 Å². The molecule has 2 aliphatic rings. The highest BCUT2D eigenvalue weighted by atomic mass is 19.3. The van der Waals surface area contributed by atoms with Gasteiger partial charge in [0, 0.05) is 17.8 Å². The van der Waals surface area contributed by atoms with Crippen LogP contribution in [-0.2, 0) is 4.79 Å². The van der Waals surface area contributed by atoms with Gasteiger partial charge < -0.3 is 19.7 Å². The fraction of sp³-hybridized carbons (Fsp3) is 0.500. The molecule has 10 heteroatoms. The van der Waals surface area contributed by atoms with Crippen LogP contribution in [0.15, 0.2) is 36.4 Å². The van der Waals surface area contributed by atoms with Crippen molar-refractivity contribution in [3.05, 3.63) is 42.0 Å². The van der Waals surface area contributed by atoms with E-state index in [-0.39, 0.29) is 35.6 Å². The monoisotopic (exact) mass is 504 g/mol. The van der Waals surface area contributed by atoms with Crippen LogP contribution in [-0.4, -0.2) is 54.2 Å². The molecule has 8 nitrogen and oxygen atoms in total. The number of para-hydroxylation sites is 1. The lowest BCUT2D eigenvalue weighted by Crippen LogP contribution is -2.49. The highest BCUT2D eigenvalue weighted by Crippen LogP contribution is 2.42. The number of methoxy groups -OCH3 is 1. The van der Waals surface area contributed by atoms with Gasteiger partial charge in [0.1, 0.15) is 5.69 Å². The molecule has 196 valence electrons. The normalized spacial score (nSPS) is 20.1. The Balaban J connectivity index is 0.00000176. The zero-order chi connectivity index (χ0) is 26.4. The van der Waals surface area contributed by atoms with Crippen molar-refractivity contribution in [2.24, 2.45) is 0 Å². The van der Waals surface area contributed by atoms with Crippen LogP contribution in [0.5, 0.6) is 11.8 Å². The van der Waals surface area contributed by atoms with E-state index in [1.165, 1.54) is 19.2 Å². The number of anilines is 2. The fourth-order valence-corrected chi connectivity index (χ4v) is 5.06. The number of carbonyl (C=O) groups is 2. The maximum atomic E-state index is 13.7. The molecule has 1 N–H and O–H groups in total. The highest BCUT2D eigenvalue weighted by molar-refractivity contribution is 6.03. The summed E-state index contributed by atoms with van der Waals surface area (Å²) in [5.74, 6) is -0.236. The maximum Gasteiger partial charge on any atom is 0.388 e. The quantitative estimate of drug-likeness (QED) is 0.470. The molecule has 2 aliphatic heterocycles. The molecule has 2 fully saturated rings. The second kappa shape index (κ2) is 12.0. The van der Waals surface area contributed by atoms with Crippen molar-refractivity contribution in [3.63, 3.8) is 0 Å². The number of aromatic nitrogens is 1. The second-order valence-corrected chi connectivity index (χ2v) is 8.75. The molecule has 4 rings (SSSR count). The molecule has 3 heterocycles. The van der Waals surface area contributed by atoms with Crippen molar-refractivity contribution in [1.82, 2.24) is 9.88 Å². The number of ether oxygens (including phenoxy) is 2. The van der Waals surface area contributed by atoms with Crippen molar-refractivity contribution in [2.45, 2.75) is 77.6 Å². The second-order valence-electron chi connectivity index (χ2n) is 8.75. The molecule has 1 aromatic heterocycles. The Hall–Kier alpha value is -3.43. The number of hydrogen-bond acceptors (Lipinski definition) is 5. The molecule has 0 aliphatic carbocycles. The van der Waals surface area contributed by atoms with Crippen molar-refractivity contribution in [2.75, 3.05) is 17.3 Å². The molecule has 2 aromatic rings. The summed E-state index contributed by atoms with van der Waals surface area (Å²) in [4.78, 5) is 32.8. The Kier molecular flexibility index (Phi) is 9.06. The smallest absolute Gasteiger partial charge is 0.388 e. The summed E-state index contributed by atoms with van der Waals surface area (Å²) in [5, 5.41) is 2.70. The van der Waals surface area contributed by atoms with Gasteiger partial charge in [0.25, 0.3) is 0 Å². The molecular formula is C26H34F2N4O4. The van der Waals surface area contributed by atoms with E-state index >= 15 is 0 Å². The van der Waals surface area contributed by atoms with Crippen LogP contribution < -0.4 is 19.7 Å². The molecule has 0 spiro atoms. The zero-order valence-electron chi connectivity index (χ0n) is 21.3. The Morgan fingerprint density at radius 2 is 1.92 bits per heavy atom. The molecule has 2 saturated heterocycles. The fourth-order valence-electron chi connectivity index (χ4n) is 5.06. The molecule has 3 atom stereocenters. The summed E-state index contributed by atoms with van der Waals surface area (Å²) in [6.07, 6.45) is 3.20. The first kappa shape index (κ1) is 27.2. The van der Waals surface area contributed by atoms with E-state index in [0.717, 1.165) is 30.5 Å². The molecule has 3 unspecified atom stereocenters. The summed E-state index contributed by atoms with van der Waals surface area (Å²) in [7, 11) is 1.35. The molecule has 0 radical (unpaired) electrons. The van der Waals surface area contributed by atoms with Crippen LogP contribution in [0.3, 0.4) is 0 Å². The van der Waals surface area contributed by atoms with Crippen LogP contribution in [0, 0.1) is 0 Å². The summed E-state index contributed by atoms with van der Waals surface area (Å²) in [5.41, 5.74) is 1.68. The first-order valence-electron chi connectivity index (χ1n) is 12.3. The summed E-state index contributed by atoms with van der Waals surface area (Å²) >= 11 is 0. The van der Waals surface area contributed by atoms with Gasteiger partial charge in [0.05, 0.1) is 19.2 Å². The Bertz CT molecular complexity index is 1050. The number of pyridine rings is 1.